The largest absolute Gasteiger partial charge is 0.448 e. The molecule has 0 aliphatic heterocycles. The van der Waals surface area contributed by atoms with Crippen LogP contribution in [0.1, 0.15) is 33.3 Å². The summed E-state index contributed by atoms with van der Waals surface area (Å²) in [5, 5.41) is 4.57. The Morgan fingerprint density at radius 3 is 2.69 bits per heavy atom. The number of alkyl carbamates (subject to hydrolysis) is 1. The lowest BCUT2D eigenvalue weighted by atomic mass is 10.1. The Bertz CT molecular complexity index is 833. The van der Waals surface area contributed by atoms with E-state index in [9.17, 15) is 9.59 Å². The van der Waals surface area contributed by atoms with Gasteiger partial charge < -0.3 is 14.8 Å². The van der Waals surface area contributed by atoms with Crippen LogP contribution in [0.3, 0.4) is 0 Å². The Balaban J connectivity index is 2.24. The summed E-state index contributed by atoms with van der Waals surface area (Å²) < 4.78 is 11.9. The highest BCUT2D eigenvalue weighted by Gasteiger charge is 2.16. The first-order valence-corrected chi connectivity index (χ1v) is 9.11. The SMILES string of the molecule is CCOC(=O)N=c1sccn1-c1ccccc1CNC(=O)OC(C)(C)C. The zero-order valence-electron chi connectivity index (χ0n) is 15.3. The zero-order valence-corrected chi connectivity index (χ0v) is 16.1. The Labute approximate surface area is 156 Å². The van der Waals surface area contributed by atoms with Gasteiger partial charge in [0.1, 0.15) is 5.60 Å². The fraction of sp³-hybridized carbons (Fsp3) is 0.389. The van der Waals surface area contributed by atoms with Gasteiger partial charge in [0.15, 0.2) is 0 Å². The van der Waals surface area contributed by atoms with E-state index in [1.807, 2.05) is 56.6 Å². The number of rotatable bonds is 4. The molecule has 0 aliphatic carbocycles. The van der Waals surface area contributed by atoms with Crippen molar-refractivity contribution in [3.05, 3.63) is 46.2 Å². The number of carbonyl (C=O) groups excluding carboxylic acids is 2. The van der Waals surface area contributed by atoms with Gasteiger partial charge in [-0.15, -0.1) is 16.3 Å². The van der Waals surface area contributed by atoms with Crippen molar-refractivity contribution in [2.24, 2.45) is 4.99 Å². The van der Waals surface area contributed by atoms with E-state index < -0.39 is 17.8 Å². The quantitative estimate of drug-likeness (QED) is 0.882. The summed E-state index contributed by atoms with van der Waals surface area (Å²) in [6.07, 6.45) is 0.696. The minimum atomic E-state index is -0.631. The van der Waals surface area contributed by atoms with Crippen LogP contribution in [-0.4, -0.2) is 29.0 Å². The van der Waals surface area contributed by atoms with E-state index in [0.29, 0.717) is 4.80 Å². The zero-order chi connectivity index (χ0) is 19.2. The van der Waals surface area contributed by atoms with Crippen LogP contribution < -0.4 is 10.1 Å². The van der Waals surface area contributed by atoms with Gasteiger partial charge in [-0.25, -0.2) is 9.59 Å². The van der Waals surface area contributed by atoms with Crippen molar-refractivity contribution >= 4 is 23.5 Å². The second-order valence-corrected chi connectivity index (χ2v) is 7.22. The van der Waals surface area contributed by atoms with Gasteiger partial charge in [-0.2, -0.15) is 0 Å². The molecule has 26 heavy (non-hydrogen) atoms. The van der Waals surface area contributed by atoms with Gasteiger partial charge in [-0.05, 0) is 39.3 Å². The molecule has 0 fully saturated rings. The third-order valence-corrected chi connectivity index (χ3v) is 3.87. The van der Waals surface area contributed by atoms with E-state index in [2.05, 4.69) is 10.3 Å². The highest BCUT2D eigenvalue weighted by molar-refractivity contribution is 7.07. The third kappa shape index (κ3) is 5.73. The fourth-order valence-corrected chi connectivity index (χ4v) is 2.85. The Morgan fingerprint density at radius 1 is 1.27 bits per heavy atom. The van der Waals surface area contributed by atoms with Crippen LogP contribution in [0.4, 0.5) is 9.59 Å². The Morgan fingerprint density at radius 2 is 2.00 bits per heavy atom. The highest BCUT2D eigenvalue weighted by Crippen LogP contribution is 2.14. The predicted octanol–water partition coefficient (Wildman–Crippen LogP) is 3.62. The minimum absolute atomic E-state index is 0.268. The van der Waals surface area contributed by atoms with E-state index in [4.69, 9.17) is 9.47 Å². The predicted molar refractivity (Wildman–Crippen MR) is 99.3 cm³/mol. The molecule has 0 aliphatic rings. The van der Waals surface area contributed by atoms with Gasteiger partial charge in [0, 0.05) is 18.1 Å². The molecule has 140 valence electrons. The number of nitrogens with zero attached hydrogens (tertiary/aromatic N) is 2. The molecule has 1 aromatic carbocycles. The summed E-state index contributed by atoms with van der Waals surface area (Å²) in [5.74, 6) is 0. The summed E-state index contributed by atoms with van der Waals surface area (Å²) >= 11 is 1.32. The van der Waals surface area contributed by atoms with Crippen molar-refractivity contribution in [1.82, 2.24) is 9.88 Å². The summed E-state index contributed by atoms with van der Waals surface area (Å²) in [4.78, 5) is 28.0. The maximum Gasteiger partial charge on any atom is 0.436 e. The van der Waals surface area contributed by atoms with Gasteiger partial charge in [0.05, 0.1) is 12.3 Å². The molecule has 2 rings (SSSR count). The van der Waals surface area contributed by atoms with E-state index in [1.165, 1.54) is 11.3 Å². The van der Waals surface area contributed by atoms with Gasteiger partial charge in [0.2, 0.25) is 4.80 Å². The lowest BCUT2D eigenvalue weighted by molar-refractivity contribution is 0.0523. The van der Waals surface area contributed by atoms with Gasteiger partial charge in [-0.3, -0.25) is 4.57 Å². The van der Waals surface area contributed by atoms with Crippen LogP contribution in [0.15, 0.2) is 40.8 Å². The Hall–Kier alpha value is -2.61. The standard InChI is InChI=1S/C18H23N3O4S/c1-5-24-17(23)20-15-21(10-11-26-15)14-9-7-6-8-13(14)12-19-16(22)25-18(2,3)4/h6-11H,5,12H2,1-4H3,(H,19,22). The summed E-state index contributed by atoms with van der Waals surface area (Å²) in [5.41, 5.74) is 1.12. The number of benzene rings is 1. The van der Waals surface area contributed by atoms with Crippen molar-refractivity contribution in [3.8, 4) is 5.69 Å². The van der Waals surface area contributed by atoms with Crippen molar-refractivity contribution in [2.75, 3.05) is 6.61 Å². The summed E-state index contributed by atoms with van der Waals surface area (Å²) in [6.45, 7) is 7.71. The number of ether oxygens (including phenoxy) is 2. The molecule has 8 heteroatoms. The van der Waals surface area contributed by atoms with Crippen molar-refractivity contribution in [1.29, 1.82) is 0 Å². The van der Waals surface area contributed by atoms with Gasteiger partial charge in [0.25, 0.3) is 0 Å². The van der Waals surface area contributed by atoms with Crippen molar-refractivity contribution in [2.45, 2.75) is 39.8 Å². The molecular formula is C18H23N3O4S. The topological polar surface area (TPSA) is 81.9 Å². The molecule has 0 saturated heterocycles. The lowest BCUT2D eigenvalue weighted by Gasteiger charge is -2.20. The summed E-state index contributed by atoms with van der Waals surface area (Å²) in [7, 11) is 0. The molecular weight excluding hydrogens is 354 g/mol. The smallest absolute Gasteiger partial charge is 0.436 e. The molecule has 7 nitrogen and oxygen atoms in total. The monoisotopic (exact) mass is 377 g/mol. The molecule has 1 aromatic heterocycles. The van der Waals surface area contributed by atoms with Crippen LogP contribution >= 0.6 is 11.3 Å². The number of thiazole rings is 1. The molecule has 1 N–H and O–H groups in total. The van der Waals surface area contributed by atoms with Crippen LogP contribution in [-0.2, 0) is 16.0 Å². The number of amides is 2. The van der Waals surface area contributed by atoms with Crippen LogP contribution in [0.2, 0.25) is 0 Å². The third-order valence-electron chi connectivity index (χ3n) is 3.12. The number of hydrogen-bond acceptors (Lipinski definition) is 5. The highest BCUT2D eigenvalue weighted by atomic mass is 32.1. The van der Waals surface area contributed by atoms with E-state index in [0.717, 1.165) is 11.3 Å². The first-order chi connectivity index (χ1) is 12.3. The van der Waals surface area contributed by atoms with Gasteiger partial charge >= 0.3 is 12.2 Å². The minimum Gasteiger partial charge on any atom is -0.448 e. The summed E-state index contributed by atoms with van der Waals surface area (Å²) in [6, 6.07) is 7.55. The normalized spacial score (nSPS) is 11.9. The molecule has 0 bridgehead atoms. The molecule has 2 aromatic rings. The average molecular weight is 377 g/mol. The second kappa shape index (κ2) is 8.66. The number of para-hydroxylation sites is 1. The van der Waals surface area contributed by atoms with Crippen LogP contribution in [0, 0.1) is 0 Å². The lowest BCUT2D eigenvalue weighted by Crippen LogP contribution is -2.32. The number of aromatic nitrogens is 1. The fourth-order valence-electron chi connectivity index (χ4n) is 2.15. The molecule has 0 saturated carbocycles. The van der Waals surface area contributed by atoms with Crippen LogP contribution in [0.25, 0.3) is 5.69 Å². The van der Waals surface area contributed by atoms with E-state index in [-0.39, 0.29) is 13.2 Å². The van der Waals surface area contributed by atoms with E-state index in [1.54, 1.807) is 11.5 Å². The molecule has 0 radical (unpaired) electrons. The maximum atomic E-state index is 11.9. The second-order valence-electron chi connectivity index (χ2n) is 6.35. The number of carbonyl (C=O) groups is 2. The van der Waals surface area contributed by atoms with E-state index >= 15 is 0 Å². The molecule has 1 heterocycles. The first kappa shape index (κ1) is 19.7. The molecule has 0 unspecified atom stereocenters. The molecule has 0 spiro atoms. The number of nitrogens with one attached hydrogen (secondary N) is 1. The maximum absolute atomic E-state index is 11.9. The average Bonchev–Trinajstić information content (AvgIpc) is 2.99. The number of hydrogen-bond donors (Lipinski definition) is 1. The molecule has 0 atom stereocenters. The van der Waals surface area contributed by atoms with Gasteiger partial charge in [-0.1, -0.05) is 18.2 Å². The Kier molecular flexibility index (Phi) is 6.57. The first-order valence-electron chi connectivity index (χ1n) is 8.23. The van der Waals surface area contributed by atoms with Crippen molar-refractivity contribution in [3.63, 3.8) is 0 Å². The van der Waals surface area contributed by atoms with Crippen molar-refractivity contribution < 1.29 is 19.1 Å². The molecule has 2 amide bonds. The van der Waals surface area contributed by atoms with Crippen LogP contribution in [0.5, 0.6) is 0 Å².